The van der Waals surface area contributed by atoms with Gasteiger partial charge in [0.1, 0.15) is 6.04 Å². The predicted octanol–water partition coefficient (Wildman–Crippen LogP) is 4.86. The van der Waals surface area contributed by atoms with Gasteiger partial charge >= 0.3 is 11.9 Å². The van der Waals surface area contributed by atoms with Crippen LogP contribution in [-0.4, -0.2) is 42.0 Å². The van der Waals surface area contributed by atoms with Crippen LogP contribution in [0.3, 0.4) is 0 Å². The summed E-state index contributed by atoms with van der Waals surface area (Å²) in [6.07, 6.45) is 2.66. The number of esters is 1. The highest BCUT2D eigenvalue weighted by atomic mass is 35.5. The lowest BCUT2D eigenvalue weighted by Gasteiger charge is -2.14. The van der Waals surface area contributed by atoms with Crippen LogP contribution in [0.1, 0.15) is 31.8 Å². The molecule has 10 heteroatoms. The predicted molar refractivity (Wildman–Crippen MR) is 141 cm³/mol. The van der Waals surface area contributed by atoms with Gasteiger partial charge in [-0.15, -0.1) is 0 Å². The molecule has 0 aromatic heterocycles. The smallest absolute Gasteiger partial charge is 0.337 e. The summed E-state index contributed by atoms with van der Waals surface area (Å²) in [5, 5.41) is 15.1. The highest BCUT2D eigenvalue weighted by Gasteiger charge is 2.20. The minimum Gasteiger partial charge on any atom is -0.480 e. The Morgan fingerprint density at radius 3 is 2.24 bits per heavy atom. The van der Waals surface area contributed by atoms with E-state index in [1.54, 1.807) is 66.7 Å². The van der Waals surface area contributed by atoms with Gasteiger partial charge in [0, 0.05) is 18.2 Å². The fourth-order valence-corrected chi connectivity index (χ4v) is 3.92. The summed E-state index contributed by atoms with van der Waals surface area (Å²) in [5.74, 6) is -2.82. The molecule has 0 unspecified atom stereocenters. The van der Waals surface area contributed by atoms with Crippen LogP contribution in [-0.2, 0) is 20.7 Å². The first kappa shape index (κ1) is 27.4. The third-order valence-corrected chi connectivity index (χ3v) is 5.82. The number of methoxy groups -OCH3 is 1. The van der Waals surface area contributed by atoms with Crippen molar-refractivity contribution in [3.05, 3.63) is 105 Å². The van der Waals surface area contributed by atoms with Gasteiger partial charge in [0.2, 0.25) is 5.91 Å². The summed E-state index contributed by atoms with van der Waals surface area (Å²) in [4.78, 5) is 48.2. The van der Waals surface area contributed by atoms with E-state index in [2.05, 4.69) is 15.4 Å². The number of ether oxygens (including phenoxy) is 1. The third kappa shape index (κ3) is 7.67. The standard InChI is InChI=1S/C27H22Cl2N2O6/c1-37-27(36)18-5-2-4-16(14-18)10-13-23(32)31-22(26(34)35)15-17-8-11-19(12-9-17)30-25(33)24-20(28)6-3-7-21(24)29/h2-14,22H,15H2,1H3,(H,30,33)(H,31,32)(H,34,35)/b13-10+/t22-/m0/s1. The molecule has 3 N–H and O–H groups in total. The van der Waals surface area contributed by atoms with Crippen LogP contribution >= 0.6 is 23.2 Å². The Hall–Kier alpha value is -4.14. The van der Waals surface area contributed by atoms with Crippen molar-refractivity contribution in [2.45, 2.75) is 12.5 Å². The van der Waals surface area contributed by atoms with Gasteiger partial charge in [0.05, 0.1) is 28.3 Å². The monoisotopic (exact) mass is 540 g/mol. The van der Waals surface area contributed by atoms with Gasteiger partial charge < -0.3 is 20.5 Å². The number of anilines is 1. The molecule has 0 radical (unpaired) electrons. The van der Waals surface area contributed by atoms with Gasteiger partial charge in [-0.05, 0) is 53.6 Å². The molecule has 3 rings (SSSR count). The summed E-state index contributed by atoms with van der Waals surface area (Å²) in [7, 11) is 1.27. The second-order valence-electron chi connectivity index (χ2n) is 7.80. The first-order valence-electron chi connectivity index (χ1n) is 10.9. The van der Waals surface area contributed by atoms with Crippen molar-refractivity contribution in [1.82, 2.24) is 5.32 Å². The van der Waals surface area contributed by atoms with Gasteiger partial charge in [-0.3, -0.25) is 9.59 Å². The molecule has 2 amide bonds. The first-order chi connectivity index (χ1) is 17.7. The quantitative estimate of drug-likeness (QED) is 0.263. The van der Waals surface area contributed by atoms with E-state index < -0.39 is 29.8 Å². The van der Waals surface area contributed by atoms with Crippen molar-refractivity contribution in [3.8, 4) is 0 Å². The van der Waals surface area contributed by atoms with Gasteiger partial charge in [0.25, 0.3) is 5.91 Å². The number of carboxylic acids is 1. The molecule has 0 aliphatic heterocycles. The van der Waals surface area contributed by atoms with Crippen molar-refractivity contribution in [2.75, 3.05) is 12.4 Å². The average molecular weight is 541 g/mol. The van der Waals surface area contributed by atoms with Crippen molar-refractivity contribution < 1.29 is 29.0 Å². The number of nitrogens with one attached hydrogen (secondary N) is 2. The molecule has 0 bridgehead atoms. The van der Waals surface area contributed by atoms with Crippen LogP contribution < -0.4 is 10.6 Å². The number of carboxylic acid groups (broad SMARTS) is 1. The normalized spacial score (nSPS) is 11.5. The van der Waals surface area contributed by atoms with Crippen molar-refractivity contribution in [1.29, 1.82) is 0 Å². The Bertz CT molecular complexity index is 1340. The van der Waals surface area contributed by atoms with Crippen molar-refractivity contribution in [3.63, 3.8) is 0 Å². The average Bonchev–Trinajstić information content (AvgIpc) is 2.87. The van der Waals surface area contributed by atoms with Crippen LogP contribution in [0, 0.1) is 0 Å². The Morgan fingerprint density at radius 2 is 1.62 bits per heavy atom. The maximum Gasteiger partial charge on any atom is 0.337 e. The lowest BCUT2D eigenvalue weighted by Crippen LogP contribution is -2.41. The fourth-order valence-electron chi connectivity index (χ4n) is 3.35. The number of hydrogen-bond donors (Lipinski definition) is 3. The number of benzene rings is 3. The summed E-state index contributed by atoms with van der Waals surface area (Å²) in [6.45, 7) is 0. The highest BCUT2D eigenvalue weighted by molar-refractivity contribution is 6.40. The molecule has 0 fully saturated rings. The number of aliphatic carboxylic acids is 1. The zero-order valence-electron chi connectivity index (χ0n) is 19.5. The molecule has 0 heterocycles. The molecule has 8 nitrogen and oxygen atoms in total. The van der Waals surface area contributed by atoms with E-state index in [0.29, 0.717) is 22.4 Å². The maximum atomic E-state index is 12.5. The van der Waals surface area contributed by atoms with E-state index in [0.717, 1.165) is 0 Å². The van der Waals surface area contributed by atoms with Crippen LogP contribution in [0.25, 0.3) is 6.08 Å². The number of carbonyl (C=O) groups excluding carboxylic acids is 3. The lowest BCUT2D eigenvalue weighted by atomic mass is 10.1. The Labute approximate surface area is 222 Å². The fraction of sp³-hybridized carbons (Fsp3) is 0.111. The van der Waals surface area contributed by atoms with E-state index in [1.807, 2.05) is 0 Å². The number of hydrogen-bond acceptors (Lipinski definition) is 5. The van der Waals surface area contributed by atoms with Gasteiger partial charge in [0.15, 0.2) is 0 Å². The van der Waals surface area contributed by atoms with Crippen LogP contribution in [0.4, 0.5) is 5.69 Å². The van der Waals surface area contributed by atoms with E-state index in [-0.39, 0.29) is 22.0 Å². The summed E-state index contributed by atoms with van der Waals surface area (Å²) in [6, 6.07) is 16.5. The highest BCUT2D eigenvalue weighted by Crippen LogP contribution is 2.25. The minimum atomic E-state index is -1.21. The second kappa shape index (κ2) is 12.7. The maximum absolute atomic E-state index is 12.5. The molecule has 37 heavy (non-hydrogen) atoms. The zero-order chi connectivity index (χ0) is 26.9. The molecule has 0 saturated heterocycles. The third-order valence-electron chi connectivity index (χ3n) is 5.19. The molecule has 3 aromatic rings. The van der Waals surface area contributed by atoms with Crippen molar-refractivity contribution in [2.24, 2.45) is 0 Å². The SMILES string of the molecule is COC(=O)c1cccc(/C=C/C(=O)N[C@@H](Cc2ccc(NC(=O)c3c(Cl)cccc3Cl)cc2)C(=O)O)c1. The minimum absolute atomic E-state index is 0.0112. The van der Waals surface area contributed by atoms with E-state index in [1.165, 1.54) is 19.3 Å². The van der Waals surface area contributed by atoms with E-state index in [9.17, 15) is 24.3 Å². The summed E-state index contributed by atoms with van der Waals surface area (Å²) < 4.78 is 4.67. The van der Waals surface area contributed by atoms with Crippen LogP contribution in [0.2, 0.25) is 10.0 Å². The second-order valence-corrected chi connectivity index (χ2v) is 8.62. The molecule has 0 aliphatic carbocycles. The lowest BCUT2D eigenvalue weighted by molar-refractivity contribution is -0.141. The van der Waals surface area contributed by atoms with Crippen LogP contribution in [0.15, 0.2) is 72.8 Å². The number of halogens is 2. The van der Waals surface area contributed by atoms with Crippen molar-refractivity contribution >= 4 is 58.7 Å². The molecule has 0 saturated carbocycles. The first-order valence-corrected chi connectivity index (χ1v) is 11.7. The van der Waals surface area contributed by atoms with Crippen LogP contribution in [0.5, 0.6) is 0 Å². The van der Waals surface area contributed by atoms with Gasteiger partial charge in [-0.25, -0.2) is 9.59 Å². The number of amides is 2. The molecular formula is C27H22Cl2N2O6. The van der Waals surface area contributed by atoms with E-state index in [4.69, 9.17) is 23.2 Å². The number of carbonyl (C=O) groups is 4. The van der Waals surface area contributed by atoms with Gasteiger partial charge in [-0.1, -0.05) is 53.5 Å². The molecular weight excluding hydrogens is 519 g/mol. The molecule has 190 valence electrons. The Balaban J connectivity index is 1.62. The molecule has 0 spiro atoms. The Morgan fingerprint density at radius 1 is 0.973 bits per heavy atom. The molecule has 1 atom stereocenters. The largest absolute Gasteiger partial charge is 0.480 e. The summed E-state index contributed by atoms with van der Waals surface area (Å²) in [5.41, 5.74) is 2.12. The molecule has 3 aromatic carbocycles. The summed E-state index contributed by atoms with van der Waals surface area (Å²) >= 11 is 12.1. The zero-order valence-corrected chi connectivity index (χ0v) is 21.0. The van der Waals surface area contributed by atoms with E-state index >= 15 is 0 Å². The number of rotatable bonds is 9. The topological polar surface area (TPSA) is 122 Å². The van der Waals surface area contributed by atoms with Gasteiger partial charge in [-0.2, -0.15) is 0 Å². The Kier molecular flexibility index (Phi) is 9.43. The molecule has 0 aliphatic rings.